The number of rotatable bonds is 5. The molecule has 5 heteroatoms. The van der Waals surface area contributed by atoms with Gasteiger partial charge in [0.25, 0.3) is 0 Å². The van der Waals surface area contributed by atoms with Crippen molar-refractivity contribution < 1.29 is 19.4 Å². The van der Waals surface area contributed by atoms with E-state index in [0.717, 1.165) is 6.42 Å². The lowest BCUT2D eigenvalue weighted by atomic mass is 9.99. The first kappa shape index (κ1) is 13.0. The van der Waals surface area contributed by atoms with Crippen LogP contribution in [-0.4, -0.2) is 35.7 Å². The second-order valence-corrected chi connectivity index (χ2v) is 4.21. The van der Waals surface area contributed by atoms with Gasteiger partial charge in [-0.25, -0.2) is 4.79 Å². The van der Waals surface area contributed by atoms with Crippen molar-refractivity contribution in [2.45, 2.75) is 45.3 Å². The van der Waals surface area contributed by atoms with Crippen LogP contribution in [0.3, 0.4) is 0 Å². The van der Waals surface area contributed by atoms with Crippen LogP contribution in [0.15, 0.2) is 0 Å². The highest BCUT2D eigenvalue weighted by Gasteiger charge is 2.30. The monoisotopic (exact) mass is 229 g/mol. The van der Waals surface area contributed by atoms with Crippen molar-refractivity contribution in [1.82, 2.24) is 5.32 Å². The zero-order chi connectivity index (χ0) is 12.1. The minimum absolute atomic E-state index is 0.0807. The normalized spacial score (nSPS) is 23.8. The first-order chi connectivity index (χ1) is 7.56. The largest absolute Gasteiger partial charge is 0.480 e. The van der Waals surface area contributed by atoms with Gasteiger partial charge < -0.3 is 15.2 Å². The molecule has 1 rings (SSSR count). The molecule has 2 N–H and O–H groups in total. The number of ether oxygens (including phenoxy) is 1. The molecule has 0 aliphatic carbocycles. The van der Waals surface area contributed by atoms with Crippen LogP contribution in [0.4, 0.5) is 0 Å². The van der Waals surface area contributed by atoms with E-state index in [1.165, 1.54) is 0 Å². The highest BCUT2D eigenvalue weighted by molar-refractivity contribution is 5.86. The van der Waals surface area contributed by atoms with E-state index in [1.54, 1.807) is 0 Å². The number of hydrogen-bond donors (Lipinski definition) is 2. The van der Waals surface area contributed by atoms with Crippen molar-refractivity contribution in [3.63, 3.8) is 0 Å². The molecule has 5 nitrogen and oxygen atoms in total. The van der Waals surface area contributed by atoms with Gasteiger partial charge in [-0.2, -0.15) is 0 Å². The van der Waals surface area contributed by atoms with Crippen LogP contribution >= 0.6 is 0 Å². The van der Waals surface area contributed by atoms with Gasteiger partial charge in [0.15, 0.2) is 0 Å². The quantitative estimate of drug-likeness (QED) is 0.730. The third-order valence-electron chi connectivity index (χ3n) is 3.00. The van der Waals surface area contributed by atoms with Crippen LogP contribution in [0.25, 0.3) is 0 Å². The van der Waals surface area contributed by atoms with E-state index in [4.69, 9.17) is 9.84 Å². The van der Waals surface area contributed by atoms with Crippen LogP contribution in [0.5, 0.6) is 0 Å². The minimum atomic E-state index is -0.985. The topological polar surface area (TPSA) is 75.6 Å². The van der Waals surface area contributed by atoms with Gasteiger partial charge >= 0.3 is 5.97 Å². The van der Waals surface area contributed by atoms with Gasteiger partial charge in [0.1, 0.15) is 12.1 Å². The summed E-state index contributed by atoms with van der Waals surface area (Å²) in [5.41, 5.74) is 0. The van der Waals surface area contributed by atoms with Crippen molar-refractivity contribution in [3.8, 4) is 0 Å². The molecule has 0 spiro atoms. The average molecular weight is 229 g/mol. The molecule has 3 atom stereocenters. The molecule has 0 bridgehead atoms. The molecule has 0 aromatic rings. The zero-order valence-electron chi connectivity index (χ0n) is 9.73. The number of aliphatic carboxylic acids is 1. The summed E-state index contributed by atoms with van der Waals surface area (Å²) in [5.74, 6) is -1.37. The molecule has 0 radical (unpaired) electrons. The molecule has 0 saturated carbocycles. The van der Waals surface area contributed by atoms with Gasteiger partial charge in [-0.3, -0.25) is 4.79 Å². The number of hydrogen-bond acceptors (Lipinski definition) is 3. The third-order valence-corrected chi connectivity index (χ3v) is 3.00. The van der Waals surface area contributed by atoms with Crippen LogP contribution in [0.2, 0.25) is 0 Å². The first-order valence-electron chi connectivity index (χ1n) is 5.71. The molecule has 1 heterocycles. The Morgan fingerprint density at radius 2 is 2.25 bits per heavy atom. The van der Waals surface area contributed by atoms with Gasteiger partial charge in [-0.15, -0.1) is 0 Å². The average Bonchev–Trinajstić information content (AvgIpc) is 2.77. The summed E-state index contributed by atoms with van der Waals surface area (Å²) in [6.45, 7) is 4.30. The van der Waals surface area contributed by atoms with Gasteiger partial charge in [0.2, 0.25) is 5.91 Å². The predicted molar refractivity (Wildman–Crippen MR) is 58.0 cm³/mol. The van der Waals surface area contributed by atoms with Gasteiger partial charge in [0, 0.05) is 6.61 Å². The second-order valence-electron chi connectivity index (χ2n) is 4.21. The van der Waals surface area contributed by atoms with Crippen LogP contribution in [0, 0.1) is 5.92 Å². The fourth-order valence-electron chi connectivity index (χ4n) is 1.71. The van der Waals surface area contributed by atoms with E-state index in [0.29, 0.717) is 19.4 Å². The van der Waals surface area contributed by atoms with Crippen LogP contribution in [0.1, 0.15) is 33.1 Å². The Kier molecular flexibility index (Phi) is 4.73. The van der Waals surface area contributed by atoms with E-state index < -0.39 is 18.1 Å². The first-order valence-corrected chi connectivity index (χ1v) is 5.71. The lowest BCUT2D eigenvalue weighted by Gasteiger charge is -2.21. The Labute approximate surface area is 95.2 Å². The Balaban J connectivity index is 2.53. The van der Waals surface area contributed by atoms with E-state index in [9.17, 15) is 9.59 Å². The SMILES string of the molecule is CCC(C)C(NC(=O)[C@H]1CCCO1)C(=O)O. The minimum Gasteiger partial charge on any atom is -0.480 e. The van der Waals surface area contributed by atoms with Crippen LogP contribution < -0.4 is 5.32 Å². The standard InChI is InChI=1S/C11H19NO4/c1-3-7(2)9(11(14)15)12-10(13)8-5-4-6-16-8/h7-9H,3-6H2,1-2H3,(H,12,13)(H,14,15)/t7?,8-,9?/m1/s1. The molecule has 92 valence electrons. The Morgan fingerprint density at radius 3 is 2.69 bits per heavy atom. The molecule has 1 aliphatic rings. The summed E-state index contributed by atoms with van der Waals surface area (Å²) in [6, 6.07) is -0.818. The van der Waals surface area contributed by atoms with Gasteiger partial charge in [-0.05, 0) is 18.8 Å². The molecule has 1 aliphatic heterocycles. The second kappa shape index (κ2) is 5.84. The smallest absolute Gasteiger partial charge is 0.326 e. The molecule has 2 unspecified atom stereocenters. The lowest BCUT2D eigenvalue weighted by Crippen LogP contribution is -2.48. The fraction of sp³-hybridized carbons (Fsp3) is 0.818. The Hall–Kier alpha value is -1.10. The Morgan fingerprint density at radius 1 is 1.56 bits per heavy atom. The summed E-state index contributed by atoms with van der Waals surface area (Å²) < 4.78 is 5.20. The number of carboxylic acids is 1. The fourth-order valence-corrected chi connectivity index (χ4v) is 1.71. The summed E-state index contributed by atoms with van der Waals surface area (Å²) in [6.07, 6.45) is 1.78. The van der Waals surface area contributed by atoms with Crippen molar-refractivity contribution in [2.75, 3.05) is 6.61 Å². The highest BCUT2D eigenvalue weighted by atomic mass is 16.5. The summed E-state index contributed by atoms with van der Waals surface area (Å²) >= 11 is 0. The number of carboxylic acid groups (broad SMARTS) is 1. The number of amides is 1. The molecule has 0 aromatic carbocycles. The Bertz CT molecular complexity index is 261. The van der Waals surface area contributed by atoms with Crippen molar-refractivity contribution in [1.29, 1.82) is 0 Å². The highest BCUT2D eigenvalue weighted by Crippen LogP contribution is 2.14. The predicted octanol–water partition coefficient (Wildman–Crippen LogP) is 0.781. The number of carbonyl (C=O) groups is 2. The third kappa shape index (κ3) is 3.20. The maximum absolute atomic E-state index is 11.7. The lowest BCUT2D eigenvalue weighted by molar-refractivity contribution is -0.145. The van der Waals surface area contributed by atoms with Crippen molar-refractivity contribution in [3.05, 3.63) is 0 Å². The molecule has 0 aromatic heterocycles. The molecular weight excluding hydrogens is 210 g/mol. The van der Waals surface area contributed by atoms with Crippen molar-refractivity contribution >= 4 is 11.9 Å². The summed E-state index contributed by atoms with van der Waals surface area (Å²) in [5, 5.41) is 11.6. The maximum Gasteiger partial charge on any atom is 0.326 e. The molecule has 1 amide bonds. The maximum atomic E-state index is 11.7. The summed E-state index contributed by atoms with van der Waals surface area (Å²) in [7, 11) is 0. The van der Waals surface area contributed by atoms with E-state index >= 15 is 0 Å². The van der Waals surface area contributed by atoms with Crippen molar-refractivity contribution in [2.24, 2.45) is 5.92 Å². The van der Waals surface area contributed by atoms with Gasteiger partial charge in [-0.1, -0.05) is 20.3 Å². The summed E-state index contributed by atoms with van der Waals surface area (Å²) in [4.78, 5) is 22.7. The zero-order valence-corrected chi connectivity index (χ0v) is 9.73. The number of carbonyl (C=O) groups excluding carboxylic acids is 1. The van der Waals surface area contributed by atoms with Gasteiger partial charge in [0.05, 0.1) is 0 Å². The van der Waals surface area contributed by atoms with E-state index in [1.807, 2.05) is 13.8 Å². The molecule has 16 heavy (non-hydrogen) atoms. The van der Waals surface area contributed by atoms with E-state index in [-0.39, 0.29) is 11.8 Å². The van der Waals surface area contributed by atoms with Crippen LogP contribution in [-0.2, 0) is 14.3 Å². The number of nitrogens with one attached hydrogen (secondary N) is 1. The molecular formula is C11H19NO4. The molecule has 1 saturated heterocycles. The molecule has 1 fully saturated rings. The van der Waals surface area contributed by atoms with E-state index in [2.05, 4.69) is 5.32 Å².